The van der Waals surface area contributed by atoms with Gasteiger partial charge in [0, 0.05) is 21.1 Å². The van der Waals surface area contributed by atoms with Crippen LogP contribution in [0.5, 0.6) is 0 Å². The largest absolute Gasteiger partial charge is 0.321 e. The van der Waals surface area contributed by atoms with Crippen molar-refractivity contribution in [2.45, 2.75) is 11.8 Å². The number of aromatic nitrogens is 2. The number of fused-ring (bicyclic) bond motifs is 1. The molecule has 2 heterocycles. The molecule has 0 aliphatic carbocycles. The second kappa shape index (κ2) is 9.59. The molecule has 0 aliphatic heterocycles. The van der Waals surface area contributed by atoms with E-state index in [1.807, 2.05) is 19.1 Å². The molecule has 5 aromatic rings. The standard InChI is InChI=1S/C25H18Cl2N4O3S2/c1-15-22-14-23(35-25(22)31(29-15)20-10-8-16(26)9-11-20)24(32)28-18-5-3-7-21(13-18)36(33,34)30-19-6-2-4-17(27)12-19/h2-14,30H,1H3,(H,28,32). The number of rotatable bonds is 6. The Morgan fingerprint density at radius 3 is 2.39 bits per heavy atom. The first-order valence-corrected chi connectivity index (χ1v) is 13.7. The zero-order chi connectivity index (χ0) is 25.4. The minimum absolute atomic E-state index is 0.00541. The summed E-state index contributed by atoms with van der Waals surface area (Å²) >= 11 is 13.3. The van der Waals surface area contributed by atoms with Crippen LogP contribution in [-0.2, 0) is 10.0 Å². The van der Waals surface area contributed by atoms with E-state index in [1.165, 1.54) is 29.5 Å². The molecule has 0 atom stereocenters. The minimum atomic E-state index is -3.89. The predicted octanol–water partition coefficient (Wildman–Crippen LogP) is 6.76. The van der Waals surface area contributed by atoms with Gasteiger partial charge in [0.05, 0.1) is 26.8 Å². The average Bonchev–Trinajstić information content (AvgIpc) is 3.40. The van der Waals surface area contributed by atoms with Gasteiger partial charge in [-0.05, 0) is 73.7 Å². The van der Waals surface area contributed by atoms with Crippen molar-refractivity contribution >= 4 is 72.1 Å². The number of aryl methyl sites for hydroxylation is 1. The molecular formula is C25H18Cl2N4O3S2. The number of amides is 1. The molecule has 0 saturated carbocycles. The van der Waals surface area contributed by atoms with Crippen molar-refractivity contribution in [3.05, 3.63) is 99.5 Å². The lowest BCUT2D eigenvalue weighted by Gasteiger charge is -2.10. The molecule has 0 bridgehead atoms. The van der Waals surface area contributed by atoms with Gasteiger partial charge in [-0.2, -0.15) is 5.10 Å². The number of nitrogens with zero attached hydrogens (tertiary/aromatic N) is 2. The van der Waals surface area contributed by atoms with E-state index in [0.29, 0.717) is 26.3 Å². The number of anilines is 2. The van der Waals surface area contributed by atoms with Crippen LogP contribution < -0.4 is 10.0 Å². The third-order valence-electron chi connectivity index (χ3n) is 5.32. The number of benzene rings is 3. The molecule has 1 amide bonds. The first kappa shape index (κ1) is 24.3. The SMILES string of the molecule is Cc1nn(-c2ccc(Cl)cc2)c2sc(C(=O)Nc3cccc(S(=O)(=O)Nc4cccc(Cl)c4)c3)cc12. The Bertz CT molecular complexity index is 1710. The van der Waals surface area contributed by atoms with Crippen molar-refractivity contribution < 1.29 is 13.2 Å². The number of hydrogen-bond acceptors (Lipinski definition) is 5. The predicted molar refractivity (Wildman–Crippen MR) is 145 cm³/mol. The van der Waals surface area contributed by atoms with E-state index in [-0.39, 0.29) is 10.8 Å². The Morgan fingerprint density at radius 2 is 1.64 bits per heavy atom. The number of thiophene rings is 1. The Morgan fingerprint density at radius 1 is 0.917 bits per heavy atom. The zero-order valence-corrected chi connectivity index (χ0v) is 21.8. The van der Waals surface area contributed by atoms with Gasteiger partial charge < -0.3 is 5.32 Å². The maximum absolute atomic E-state index is 13.0. The average molecular weight is 557 g/mol. The minimum Gasteiger partial charge on any atom is -0.321 e. The number of sulfonamides is 1. The molecule has 2 aromatic heterocycles. The highest BCUT2D eigenvalue weighted by Crippen LogP contribution is 2.31. The molecular weight excluding hydrogens is 539 g/mol. The van der Waals surface area contributed by atoms with E-state index in [0.717, 1.165) is 21.6 Å². The topological polar surface area (TPSA) is 93.1 Å². The molecule has 5 rings (SSSR count). The molecule has 0 fully saturated rings. The van der Waals surface area contributed by atoms with Crippen molar-refractivity contribution in [2.24, 2.45) is 0 Å². The van der Waals surface area contributed by atoms with Crippen LogP contribution >= 0.6 is 34.5 Å². The Balaban J connectivity index is 1.39. The summed E-state index contributed by atoms with van der Waals surface area (Å²) in [6, 6.07) is 21.5. The van der Waals surface area contributed by atoms with Crippen LogP contribution in [0.1, 0.15) is 15.4 Å². The van der Waals surface area contributed by atoms with Crippen molar-refractivity contribution in [1.29, 1.82) is 0 Å². The lowest BCUT2D eigenvalue weighted by Crippen LogP contribution is -2.14. The van der Waals surface area contributed by atoms with Crippen molar-refractivity contribution in [2.75, 3.05) is 10.0 Å². The van der Waals surface area contributed by atoms with Gasteiger partial charge in [-0.3, -0.25) is 9.52 Å². The maximum atomic E-state index is 13.0. The molecule has 36 heavy (non-hydrogen) atoms. The number of carbonyl (C=O) groups excluding carboxylic acids is 1. The molecule has 7 nitrogen and oxygen atoms in total. The number of halogens is 2. The second-order valence-corrected chi connectivity index (χ2v) is 11.5. The highest BCUT2D eigenvalue weighted by molar-refractivity contribution is 7.92. The van der Waals surface area contributed by atoms with E-state index in [1.54, 1.807) is 53.2 Å². The van der Waals surface area contributed by atoms with Gasteiger partial charge >= 0.3 is 0 Å². The van der Waals surface area contributed by atoms with Crippen molar-refractivity contribution in [1.82, 2.24) is 9.78 Å². The fraction of sp³-hybridized carbons (Fsp3) is 0.0400. The normalized spacial score (nSPS) is 11.5. The summed E-state index contributed by atoms with van der Waals surface area (Å²) in [6.45, 7) is 1.88. The summed E-state index contributed by atoms with van der Waals surface area (Å²) in [5.74, 6) is -0.351. The van der Waals surface area contributed by atoms with E-state index in [2.05, 4.69) is 15.1 Å². The van der Waals surface area contributed by atoms with Crippen LogP contribution in [0, 0.1) is 6.92 Å². The zero-order valence-electron chi connectivity index (χ0n) is 18.7. The fourth-order valence-corrected chi connectivity index (χ4v) is 6.11. The van der Waals surface area contributed by atoms with Crippen LogP contribution in [0.3, 0.4) is 0 Å². The molecule has 0 saturated heterocycles. The van der Waals surface area contributed by atoms with Crippen molar-refractivity contribution in [3.8, 4) is 5.69 Å². The molecule has 0 aliphatic rings. The van der Waals surface area contributed by atoms with Crippen molar-refractivity contribution in [3.63, 3.8) is 0 Å². The van der Waals surface area contributed by atoms with Gasteiger partial charge in [-0.15, -0.1) is 11.3 Å². The highest BCUT2D eigenvalue weighted by atomic mass is 35.5. The lowest BCUT2D eigenvalue weighted by molar-refractivity contribution is 0.103. The summed E-state index contributed by atoms with van der Waals surface area (Å²) < 4.78 is 30.0. The van der Waals surface area contributed by atoms with Gasteiger partial charge in [-0.1, -0.05) is 35.3 Å². The van der Waals surface area contributed by atoms with Gasteiger partial charge in [0.25, 0.3) is 15.9 Å². The molecule has 11 heteroatoms. The van der Waals surface area contributed by atoms with Gasteiger partial charge in [0.2, 0.25) is 0 Å². The molecule has 0 unspecified atom stereocenters. The summed E-state index contributed by atoms with van der Waals surface area (Å²) in [4.78, 5) is 14.3. The smallest absolute Gasteiger partial charge is 0.265 e. The highest BCUT2D eigenvalue weighted by Gasteiger charge is 2.19. The van der Waals surface area contributed by atoms with Crippen LogP contribution in [0.25, 0.3) is 15.9 Å². The number of hydrogen-bond donors (Lipinski definition) is 2. The van der Waals surface area contributed by atoms with Gasteiger partial charge in [0.15, 0.2) is 0 Å². The monoisotopic (exact) mass is 556 g/mol. The molecule has 3 aromatic carbocycles. The maximum Gasteiger partial charge on any atom is 0.265 e. The third kappa shape index (κ3) is 4.96. The van der Waals surface area contributed by atoms with Crippen LogP contribution in [0.2, 0.25) is 10.0 Å². The van der Waals surface area contributed by atoms with E-state index < -0.39 is 10.0 Å². The third-order valence-corrected chi connectivity index (χ3v) is 8.29. The summed E-state index contributed by atoms with van der Waals surface area (Å²) in [7, 11) is -3.89. The van der Waals surface area contributed by atoms with E-state index >= 15 is 0 Å². The van der Waals surface area contributed by atoms with Crippen LogP contribution in [-0.4, -0.2) is 24.1 Å². The first-order valence-electron chi connectivity index (χ1n) is 10.6. The Labute approximate surface area is 221 Å². The summed E-state index contributed by atoms with van der Waals surface area (Å²) in [5.41, 5.74) is 2.31. The number of nitrogens with one attached hydrogen (secondary N) is 2. The van der Waals surface area contributed by atoms with Gasteiger partial charge in [0.1, 0.15) is 4.83 Å². The first-order chi connectivity index (χ1) is 17.2. The molecule has 2 N–H and O–H groups in total. The summed E-state index contributed by atoms with van der Waals surface area (Å²) in [5, 5.41) is 9.27. The lowest BCUT2D eigenvalue weighted by atomic mass is 10.3. The van der Waals surface area contributed by atoms with Gasteiger partial charge in [-0.25, -0.2) is 13.1 Å². The Hall–Kier alpha value is -3.37. The Kier molecular flexibility index (Phi) is 6.48. The second-order valence-electron chi connectivity index (χ2n) is 7.90. The van der Waals surface area contributed by atoms with Crippen LogP contribution in [0.4, 0.5) is 11.4 Å². The summed E-state index contributed by atoms with van der Waals surface area (Å²) in [6.07, 6.45) is 0. The van der Waals surface area contributed by atoms with Crippen LogP contribution in [0.15, 0.2) is 83.8 Å². The molecule has 0 radical (unpaired) electrons. The van der Waals surface area contributed by atoms with E-state index in [9.17, 15) is 13.2 Å². The number of carbonyl (C=O) groups is 1. The fourth-order valence-electron chi connectivity index (χ4n) is 3.62. The quantitative estimate of drug-likeness (QED) is 0.241. The van der Waals surface area contributed by atoms with E-state index in [4.69, 9.17) is 23.2 Å². The molecule has 182 valence electrons. The molecule has 0 spiro atoms.